The summed E-state index contributed by atoms with van der Waals surface area (Å²) >= 11 is 5.87. The Kier molecular flexibility index (Phi) is 3.96. The molecule has 0 atom stereocenters. The van der Waals surface area contributed by atoms with Crippen molar-refractivity contribution in [2.75, 3.05) is 12.4 Å². The van der Waals surface area contributed by atoms with Crippen molar-refractivity contribution in [1.82, 2.24) is 0 Å². The second-order valence-electron chi connectivity index (χ2n) is 3.15. The predicted molar refractivity (Wildman–Crippen MR) is 59.7 cm³/mol. The van der Waals surface area contributed by atoms with Gasteiger partial charge in [0, 0.05) is 0 Å². The Labute approximate surface area is 94.0 Å². The lowest BCUT2D eigenvalue weighted by Crippen LogP contribution is -2.21. The largest absolute Gasteiger partial charge is 0.491 e. The van der Waals surface area contributed by atoms with Gasteiger partial charge in [-0.3, -0.25) is 0 Å². The first-order valence-corrected chi connectivity index (χ1v) is 6.37. The minimum Gasteiger partial charge on any atom is -0.491 e. The SMILES string of the molecule is Cc1ccc(OCCS(N)(=O)=O)c(Cl)c1. The molecule has 0 bridgehead atoms. The van der Waals surface area contributed by atoms with Crippen LogP contribution >= 0.6 is 11.6 Å². The van der Waals surface area contributed by atoms with Crippen LogP contribution in [0, 0.1) is 6.92 Å². The fraction of sp³-hybridized carbons (Fsp3) is 0.333. The van der Waals surface area contributed by atoms with Crippen molar-refractivity contribution in [3.8, 4) is 5.75 Å². The van der Waals surface area contributed by atoms with Crippen molar-refractivity contribution in [2.24, 2.45) is 5.14 Å². The van der Waals surface area contributed by atoms with Crippen LogP contribution in [0.25, 0.3) is 0 Å². The number of hydrogen-bond acceptors (Lipinski definition) is 3. The molecule has 15 heavy (non-hydrogen) atoms. The number of hydrogen-bond donors (Lipinski definition) is 1. The predicted octanol–water partition coefficient (Wildman–Crippen LogP) is 1.32. The Hall–Kier alpha value is -0.780. The molecule has 0 heterocycles. The first-order valence-electron chi connectivity index (χ1n) is 4.28. The average molecular weight is 250 g/mol. The molecule has 0 fully saturated rings. The fourth-order valence-corrected chi connectivity index (χ4v) is 1.60. The lowest BCUT2D eigenvalue weighted by Gasteiger charge is -2.07. The highest BCUT2D eigenvalue weighted by Crippen LogP contribution is 2.24. The molecular formula is C9H12ClNO3S. The number of nitrogens with two attached hydrogens (primary N) is 1. The van der Waals surface area contributed by atoms with Gasteiger partial charge in [0.05, 0.1) is 10.8 Å². The molecule has 0 aromatic heterocycles. The Morgan fingerprint density at radius 3 is 2.67 bits per heavy atom. The van der Waals surface area contributed by atoms with Gasteiger partial charge < -0.3 is 4.74 Å². The maximum absolute atomic E-state index is 10.6. The highest BCUT2D eigenvalue weighted by molar-refractivity contribution is 7.89. The monoisotopic (exact) mass is 249 g/mol. The van der Waals surface area contributed by atoms with E-state index in [0.717, 1.165) is 5.56 Å². The molecule has 2 N–H and O–H groups in total. The van der Waals surface area contributed by atoms with Crippen LogP contribution in [0.2, 0.25) is 5.02 Å². The highest BCUT2D eigenvalue weighted by Gasteiger charge is 2.05. The van der Waals surface area contributed by atoms with E-state index in [4.69, 9.17) is 21.5 Å². The van der Waals surface area contributed by atoms with Crippen molar-refractivity contribution in [3.05, 3.63) is 28.8 Å². The summed E-state index contributed by atoms with van der Waals surface area (Å²) in [6.07, 6.45) is 0. The minimum atomic E-state index is -3.48. The van der Waals surface area contributed by atoms with Crippen molar-refractivity contribution in [3.63, 3.8) is 0 Å². The fourth-order valence-electron chi connectivity index (χ4n) is 0.991. The molecular weight excluding hydrogens is 238 g/mol. The average Bonchev–Trinajstić information content (AvgIpc) is 2.07. The molecule has 0 spiro atoms. The number of halogens is 1. The summed E-state index contributed by atoms with van der Waals surface area (Å²) in [4.78, 5) is 0. The number of sulfonamides is 1. The summed E-state index contributed by atoms with van der Waals surface area (Å²) < 4.78 is 26.4. The lowest BCUT2D eigenvalue weighted by atomic mass is 10.2. The standard InChI is InChI=1S/C9H12ClNO3S/c1-7-2-3-9(8(10)6-7)14-4-5-15(11,12)13/h2-3,6H,4-5H2,1H3,(H2,11,12,13). The van der Waals surface area contributed by atoms with Crippen LogP contribution in [0.4, 0.5) is 0 Å². The summed E-state index contributed by atoms with van der Waals surface area (Å²) in [6.45, 7) is 1.90. The normalized spacial score (nSPS) is 11.4. The van der Waals surface area contributed by atoms with E-state index in [1.165, 1.54) is 0 Å². The van der Waals surface area contributed by atoms with Crippen LogP contribution in [0.1, 0.15) is 5.56 Å². The molecule has 1 rings (SSSR count). The van der Waals surface area contributed by atoms with E-state index >= 15 is 0 Å². The zero-order chi connectivity index (χ0) is 11.5. The molecule has 4 nitrogen and oxygen atoms in total. The van der Waals surface area contributed by atoms with Gasteiger partial charge in [-0.05, 0) is 24.6 Å². The second-order valence-corrected chi connectivity index (χ2v) is 5.29. The van der Waals surface area contributed by atoms with Crippen molar-refractivity contribution in [1.29, 1.82) is 0 Å². The summed E-state index contributed by atoms with van der Waals surface area (Å²) in [7, 11) is -3.48. The van der Waals surface area contributed by atoms with E-state index in [9.17, 15) is 8.42 Å². The Balaban J connectivity index is 2.59. The first-order chi connectivity index (χ1) is 6.88. The Morgan fingerprint density at radius 1 is 1.47 bits per heavy atom. The lowest BCUT2D eigenvalue weighted by molar-refractivity contribution is 0.341. The van der Waals surface area contributed by atoms with Crippen LogP contribution in [0.3, 0.4) is 0 Å². The molecule has 0 aliphatic carbocycles. The van der Waals surface area contributed by atoms with Crippen molar-refractivity contribution >= 4 is 21.6 Å². The van der Waals surface area contributed by atoms with Crippen LogP contribution in [0.15, 0.2) is 18.2 Å². The summed E-state index contributed by atoms with van der Waals surface area (Å²) in [6, 6.07) is 5.27. The molecule has 1 aromatic carbocycles. The molecule has 6 heteroatoms. The van der Waals surface area contributed by atoms with E-state index in [1.807, 2.05) is 13.0 Å². The number of primary sulfonamides is 1. The molecule has 0 unspecified atom stereocenters. The third-order valence-corrected chi connectivity index (χ3v) is 2.74. The van der Waals surface area contributed by atoms with Gasteiger partial charge in [0.25, 0.3) is 0 Å². The molecule has 0 saturated heterocycles. The molecule has 1 aromatic rings. The van der Waals surface area contributed by atoms with Gasteiger partial charge in [-0.2, -0.15) is 0 Å². The van der Waals surface area contributed by atoms with Crippen LogP contribution in [0.5, 0.6) is 5.75 Å². The van der Waals surface area contributed by atoms with Gasteiger partial charge in [0.1, 0.15) is 12.4 Å². The van der Waals surface area contributed by atoms with E-state index < -0.39 is 10.0 Å². The second kappa shape index (κ2) is 4.83. The topological polar surface area (TPSA) is 69.4 Å². The van der Waals surface area contributed by atoms with E-state index in [0.29, 0.717) is 10.8 Å². The maximum Gasteiger partial charge on any atom is 0.212 e. The number of benzene rings is 1. The smallest absolute Gasteiger partial charge is 0.212 e. The summed E-state index contributed by atoms with van der Waals surface area (Å²) in [5, 5.41) is 5.28. The summed E-state index contributed by atoms with van der Waals surface area (Å²) in [5.74, 6) is 0.239. The number of aryl methyl sites for hydroxylation is 1. The molecule has 0 aliphatic heterocycles. The third kappa shape index (κ3) is 4.51. The third-order valence-electron chi connectivity index (χ3n) is 1.71. The van der Waals surface area contributed by atoms with Crippen molar-refractivity contribution in [2.45, 2.75) is 6.92 Å². The molecule has 84 valence electrons. The van der Waals surface area contributed by atoms with Gasteiger partial charge in [-0.1, -0.05) is 17.7 Å². The number of ether oxygens (including phenoxy) is 1. The molecule has 0 saturated carbocycles. The highest BCUT2D eigenvalue weighted by atomic mass is 35.5. The van der Waals surface area contributed by atoms with Crippen LogP contribution < -0.4 is 9.88 Å². The minimum absolute atomic E-state index is 0.00160. The van der Waals surface area contributed by atoms with E-state index in [-0.39, 0.29) is 12.4 Å². The Morgan fingerprint density at radius 2 is 2.13 bits per heavy atom. The van der Waals surface area contributed by atoms with Gasteiger partial charge in [-0.25, -0.2) is 13.6 Å². The summed E-state index contributed by atoms with van der Waals surface area (Å²) in [5.41, 5.74) is 1.01. The number of rotatable bonds is 4. The van der Waals surface area contributed by atoms with E-state index in [2.05, 4.69) is 0 Å². The Bertz CT molecular complexity index is 445. The van der Waals surface area contributed by atoms with Gasteiger partial charge in [-0.15, -0.1) is 0 Å². The molecule has 0 aliphatic rings. The quantitative estimate of drug-likeness (QED) is 0.875. The van der Waals surface area contributed by atoms with Gasteiger partial charge in [0.15, 0.2) is 0 Å². The van der Waals surface area contributed by atoms with Crippen LogP contribution in [-0.4, -0.2) is 20.8 Å². The van der Waals surface area contributed by atoms with Crippen LogP contribution in [-0.2, 0) is 10.0 Å². The van der Waals surface area contributed by atoms with E-state index in [1.54, 1.807) is 12.1 Å². The van der Waals surface area contributed by atoms with Crippen molar-refractivity contribution < 1.29 is 13.2 Å². The van der Waals surface area contributed by atoms with Gasteiger partial charge in [0.2, 0.25) is 10.0 Å². The zero-order valence-corrected chi connectivity index (χ0v) is 9.81. The zero-order valence-electron chi connectivity index (χ0n) is 8.23. The first kappa shape index (κ1) is 12.3. The maximum atomic E-state index is 10.6. The molecule has 0 amide bonds. The molecule has 0 radical (unpaired) electrons. The van der Waals surface area contributed by atoms with Gasteiger partial charge >= 0.3 is 0 Å².